The number of carboxylic acids is 1. The van der Waals surface area contributed by atoms with Gasteiger partial charge in [-0.05, 0) is 43.0 Å². The monoisotopic (exact) mass is 714 g/mol. The number of carbonyl (C=O) groups excluding carboxylic acids is 5. The molecule has 0 bridgehead atoms. The van der Waals surface area contributed by atoms with Crippen molar-refractivity contribution in [1.29, 1.82) is 0 Å². The fourth-order valence-corrected chi connectivity index (χ4v) is 5.79. The molecule has 1 saturated heterocycles. The first-order valence-corrected chi connectivity index (χ1v) is 16.1. The van der Waals surface area contributed by atoms with Gasteiger partial charge < -0.3 is 48.9 Å². The zero-order chi connectivity index (χ0) is 37.5. The molecule has 51 heavy (non-hydrogen) atoms. The minimum atomic E-state index is -1.70. The van der Waals surface area contributed by atoms with Gasteiger partial charge in [-0.1, -0.05) is 48.5 Å². The number of fused-ring (bicyclic) bond motifs is 3. The van der Waals surface area contributed by atoms with Gasteiger partial charge in [-0.2, -0.15) is 0 Å². The summed E-state index contributed by atoms with van der Waals surface area (Å²) in [5.41, 5.74) is 2.97. The first-order valence-electron chi connectivity index (χ1n) is 16.1. The molecular formula is C35H42N2O14. The predicted molar refractivity (Wildman–Crippen MR) is 175 cm³/mol. The van der Waals surface area contributed by atoms with Crippen LogP contribution >= 0.6 is 0 Å². The molecule has 0 radical (unpaired) electrons. The topological polar surface area (TPSA) is 211 Å². The SMILES string of the molecule is CC(=O)OC[C@H]1O[C@H](OC[C@H](NC(=O)OCC2c3ccccc3-c3ccccc32)C(=O)O)[C@H](NC(=O)OC(C)(C)C)[C@@H](OC(C)=O)[C@H]1OC(C)=O. The summed E-state index contributed by atoms with van der Waals surface area (Å²) in [5, 5.41) is 14.7. The maximum atomic E-state index is 12.9. The largest absolute Gasteiger partial charge is 0.480 e. The van der Waals surface area contributed by atoms with Crippen LogP contribution in [0.5, 0.6) is 0 Å². The van der Waals surface area contributed by atoms with E-state index in [2.05, 4.69) is 10.6 Å². The number of carboxylic acid groups (broad SMARTS) is 1. The molecule has 0 aromatic heterocycles. The van der Waals surface area contributed by atoms with Crippen molar-refractivity contribution in [3.05, 3.63) is 59.7 Å². The molecule has 3 N–H and O–H groups in total. The molecule has 1 fully saturated rings. The number of benzene rings is 2. The van der Waals surface area contributed by atoms with Crippen molar-refractivity contribution in [2.75, 3.05) is 19.8 Å². The van der Waals surface area contributed by atoms with Gasteiger partial charge in [0.25, 0.3) is 0 Å². The van der Waals surface area contributed by atoms with Crippen molar-refractivity contribution in [3.63, 3.8) is 0 Å². The molecule has 1 aliphatic heterocycles. The molecule has 4 rings (SSSR count). The number of nitrogens with one attached hydrogen (secondary N) is 2. The van der Waals surface area contributed by atoms with Crippen LogP contribution in [0.1, 0.15) is 58.6 Å². The van der Waals surface area contributed by atoms with E-state index in [0.29, 0.717) is 0 Å². The summed E-state index contributed by atoms with van der Waals surface area (Å²) in [6.45, 7) is 6.74. The Bertz CT molecular complexity index is 1580. The van der Waals surface area contributed by atoms with E-state index in [9.17, 15) is 33.9 Å². The third-order valence-electron chi connectivity index (χ3n) is 7.75. The normalized spacial score (nSPS) is 21.6. The van der Waals surface area contributed by atoms with Crippen molar-refractivity contribution in [2.24, 2.45) is 0 Å². The van der Waals surface area contributed by atoms with Crippen LogP contribution < -0.4 is 10.6 Å². The van der Waals surface area contributed by atoms with E-state index >= 15 is 0 Å². The molecule has 1 aliphatic carbocycles. The second kappa shape index (κ2) is 16.7. The van der Waals surface area contributed by atoms with Crippen LogP contribution in [-0.2, 0) is 52.3 Å². The van der Waals surface area contributed by atoms with E-state index in [1.54, 1.807) is 20.8 Å². The highest BCUT2D eigenvalue weighted by atomic mass is 16.7. The third-order valence-corrected chi connectivity index (χ3v) is 7.75. The lowest BCUT2D eigenvalue weighted by atomic mass is 9.96. The van der Waals surface area contributed by atoms with Crippen molar-refractivity contribution >= 4 is 36.1 Å². The summed E-state index contributed by atoms with van der Waals surface area (Å²) in [5.74, 6) is -4.16. The third kappa shape index (κ3) is 10.4. The van der Waals surface area contributed by atoms with E-state index in [0.717, 1.165) is 43.0 Å². The van der Waals surface area contributed by atoms with E-state index in [4.69, 9.17) is 33.2 Å². The molecule has 2 aromatic carbocycles. The Morgan fingerprint density at radius 1 is 0.784 bits per heavy atom. The zero-order valence-corrected chi connectivity index (χ0v) is 29.0. The van der Waals surface area contributed by atoms with Crippen LogP contribution in [0.3, 0.4) is 0 Å². The summed E-state index contributed by atoms with van der Waals surface area (Å²) < 4.78 is 38.5. The van der Waals surface area contributed by atoms with E-state index in [-0.39, 0.29) is 12.5 Å². The van der Waals surface area contributed by atoms with Crippen molar-refractivity contribution in [1.82, 2.24) is 10.6 Å². The van der Waals surface area contributed by atoms with Crippen LogP contribution in [0, 0.1) is 0 Å². The molecule has 2 aromatic rings. The quantitative estimate of drug-likeness (QED) is 0.213. The summed E-state index contributed by atoms with van der Waals surface area (Å²) >= 11 is 0. The average molecular weight is 715 g/mol. The Morgan fingerprint density at radius 3 is 1.88 bits per heavy atom. The summed E-state index contributed by atoms with van der Waals surface area (Å²) in [7, 11) is 0. The van der Waals surface area contributed by atoms with Crippen molar-refractivity contribution in [2.45, 2.75) is 89.7 Å². The highest BCUT2D eigenvalue weighted by Gasteiger charge is 2.52. The van der Waals surface area contributed by atoms with E-state index in [1.165, 1.54) is 0 Å². The lowest BCUT2D eigenvalue weighted by Crippen LogP contribution is -2.67. The minimum Gasteiger partial charge on any atom is -0.480 e. The van der Waals surface area contributed by atoms with Crippen molar-refractivity contribution < 1.29 is 67.0 Å². The number of carbonyl (C=O) groups is 6. The number of esters is 3. The predicted octanol–water partition coefficient (Wildman–Crippen LogP) is 3.04. The van der Waals surface area contributed by atoms with Gasteiger partial charge in [0.1, 0.15) is 31.0 Å². The minimum absolute atomic E-state index is 0.0832. The molecular weight excluding hydrogens is 672 g/mol. The second-order valence-electron chi connectivity index (χ2n) is 12.9. The van der Waals surface area contributed by atoms with Gasteiger partial charge in [0, 0.05) is 26.7 Å². The van der Waals surface area contributed by atoms with E-state index in [1.807, 2.05) is 48.5 Å². The summed E-state index contributed by atoms with van der Waals surface area (Å²) in [6.07, 6.45) is -7.92. The van der Waals surface area contributed by atoms with Crippen molar-refractivity contribution in [3.8, 4) is 11.1 Å². The lowest BCUT2D eigenvalue weighted by Gasteiger charge is -2.45. The van der Waals surface area contributed by atoms with Crippen LogP contribution in [0.4, 0.5) is 9.59 Å². The van der Waals surface area contributed by atoms with Crippen LogP contribution in [-0.4, -0.2) is 103 Å². The van der Waals surface area contributed by atoms with Crippen LogP contribution in [0.15, 0.2) is 48.5 Å². The fourth-order valence-electron chi connectivity index (χ4n) is 5.79. The second-order valence-corrected chi connectivity index (χ2v) is 12.9. The van der Waals surface area contributed by atoms with Gasteiger partial charge in [-0.25, -0.2) is 14.4 Å². The summed E-state index contributed by atoms with van der Waals surface area (Å²) in [6, 6.07) is 12.2. The standard InChI is InChI=1S/C35H42N2O14/c1-18(38)45-17-27-29(48-19(2)39)30(49-20(3)40)28(37-34(44)51-35(4,5)6)32(50-27)46-16-26(31(41)42)36-33(43)47-15-25-23-13-9-7-11-21(23)22-12-8-10-14-24(22)25/h7-14,25-30,32H,15-17H2,1-6H3,(H,36,43)(H,37,44)(H,41,42)/t26-,27+,28+,29-,30+,32-/m0/s1. The molecule has 2 amide bonds. The first-order chi connectivity index (χ1) is 24.0. The van der Waals surface area contributed by atoms with Gasteiger partial charge in [0.2, 0.25) is 0 Å². The van der Waals surface area contributed by atoms with Crippen LogP contribution in [0.25, 0.3) is 11.1 Å². The van der Waals surface area contributed by atoms with Gasteiger partial charge in [-0.15, -0.1) is 0 Å². The highest BCUT2D eigenvalue weighted by Crippen LogP contribution is 2.44. The number of hydrogen-bond acceptors (Lipinski definition) is 13. The lowest BCUT2D eigenvalue weighted by molar-refractivity contribution is -0.278. The highest BCUT2D eigenvalue weighted by molar-refractivity contribution is 5.81. The van der Waals surface area contributed by atoms with Gasteiger partial charge in [0.05, 0.1) is 6.61 Å². The molecule has 276 valence electrons. The Morgan fingerprint density at radius 2 is 1.35 bits per heavy atom. The molecule has 0 unspecified atom stereocenters. The van der Waals surface area contributed by atoms with E-state index < -0.39 is 91.6 Å². The molecule has 16 nitrogen and oxygen atoms in total. The number of hydrogen-bond donors (Lipinski definition) is 3. The Hall–Kier alpha value is -5.22. The maximum absolute atomic E-state index is 12.9. The molecule has 1 heterocycles. The number of ether oxygens (including phenoxy) is 7. The number of amides is 2. The van der Waals surface area contributed by atoms with Gasteiger partial charge >= 0.3 is 36.1 Å². The smallest absolute Gasteiger partial charge is 0.408 e. The Labute approximate surface area is 294 Å². The molecule has 16 heteroatoms. The number of rotatable bonds is 12. The molecule has 6 atom stereocenters. The summed E-state index contributed by atoms with van der Waals surface area (Å²) in [4.78, 5) is 74.1. The maximum Gasteiger partial charge on any atom is 0.408 e. The van der Waals surface area contributed by atoms with Gasteiger partial charge in [0.15, 0.2) is 24.5 Å². The molecule has 0 saturated carbocycles. The molecule has 2 aliphatic rings. The van der Waals surface area contributed by atoms with Crippen LogP contribution in [0.2, 0.25) is 0 Å². The Kier molecular flexibility index (Phi) is 12.6. The molecule has 0 spiro atoms. The average Bonchev–Trinajstić information content (AvgIpc) is 3.35. The number of aliphatic carboxylic acids is 1. The first kappa shape index (κ1) is 38.6. The van der Waals surface area contributed by atoms with Gasteiger partial charge in [-0.3, -0.25) is 14.4 Å². The number of alkyl carbamates (subject to hydrolysis) is 2. The zero-order valence-electron chi connectivity index (χ0n) is 29.0. The fraction of sp³-hybridized carbons (Fsp3) is 0.486. The Balaban J connectivity index is 1.52.